The number of aromatic nitrogens is 1. The van der Waals surface area contributed by atoms with Crippen molar-refractivity contribution in [2.45, 2.75) is 51.7 Å². The van der Waals surface area contributed by atoms with E-state index in [1.165, 1.54) is 4.57 Å². The number of hydrogen-bond donors (Lipinski definition) is 2. The quantitative estimate of drug-likeness (QED) is 0.566. The van der Waals surface area contributed by atoms with Crippen LogP contribution in [0.5, 0.6) is 0 Å². The van der Waals surface area contributed by atoms with Crippen molar-refractivity contribution in [3.63, 3.8) is 0 Å². The standard InChI is InChI=1S/C29H34N4O4S/c1-5-22(18-11-9-8-10-12-18)33-17-19-15-24(38(36,37)7-3)20-13-14-32(4)29(35)26(20)27-25(19)23(33)16-21(31-27)28(34)30-6-2/h8-15,17,21-23,31H,5-7,16H2,1-4H3,(H,30,34). The van der Waals surface area contributed by atoms with Crippen LogP contribution in [-0.4, -0.2) is 48.2 Å². The van der Waals surface area contributed by atoms with Gasteiger partial charge in [0.1, 0.15) is 6.04 Å². The van der Waals surface area contributed by atoms with Crippen molar-refractivity contribution in [2.75, 3.05) is 12.3 Å². The van der Waals surface area contributed by atoms with Gasteiger partial charge in [0.25, 0.3) is 5.56 Å². The molecule has 2 N–H and O–H groups in total. The molecule has 3 heterocycles. The SMILES string of the molecule is CCNC(=O)C1CC2C3=C(N1)c1c(ccn(C)c1=O)C(S(=O)(=O)CC)=CC3=CN2C(CC)c1ccccc1. The van der Waals surface area contributed by atoms with Gasteiger partial charge in [0, 0.05) is 43.5 Å². The Balaban J connectivity index is 1.79. The number of aryl methyl sites for hydroxylation is 1. The van der Waals surface area contributed by atoms with Gasteiger partial charge in [-0.15, -0.1) is 0 Å². The summed E-state index contributed by atoms with van der Waals surface area (Å²) < 4.78 is 28.2. The largest absolute Gasteiger partial charge is 0.373 e. The van der Waals surface area contributed by atoms with Crippen LogP contribution in [0.2, 0.25) is 0 Å². The Morgan fingerprint density at radius 3 is 2.55 bits per heavy atom. The topological polar surface area (TPSA) is 101 Å². The maximum atomic E-state index is 13.6. The van der Waals surface area contributed by atoms with Crippen molar-refractivity contribution in [3.8, 4) is 0 Å². The van der Waals surface area contributed by atoms with Crippen LogP contribution in [0.3, 0.4) is 0 Å². The fraction of sp³-hybridized carbons (Fsp3) is 0.379. The van der Waals surface area contributed by atoms with E-state index in [2.05, 4.69) is 34.6 Å². The fourth-order valence-electron chi connectivity index (χ4n) is 5.85. The van der Waals surface area contributed by atoms with Crippen molar-refractivity contribution in [2.24, 2.45) is 7.05 Å². The Hall–Kier alpha value is -3.59. The Morgan fingerprint density at radius 2 is 1.89 bits per heavy atom. The van der Waals surface area contributed by atoms with Crippen molar-refractivity contribution in [1.82, 2.24) is 20.1 Å². The van der Waals surface area contributed by atoms with Crippen molar-refractivity contribution < 1.29 is 13.2 Å². The molecule has 0 spiro atoms. The van der Waals surface area contributed by atoms with Crippen LogP contribution >= 0.6 is 0 Å². The molecular formula is C29H34N4O4S. The molecular weight excluding hydrogens is 500 g/mol. The van der Waals surface area contributed by atoms with Gasteiger partial charge in [-0.1, -0.05) is 44.2 Å². The van der Waals surface area contributed by atoms with Crippen LogP contribution in [0.15, 0.2) is 70.8 Å². The molecule has 0 saturated heterocycles. The summed E-state index contributed by atoms with van der Waals surface area (Å²) in [4.78, 5) is 29.2. The number of carbonyl (C=O) groups is 1. The summed E-state index contributed by atoms with van der Waals surface area (Å²) in [6.07, 6.45) is 6.63. The molecule has 2 aliphatic heterocycles. The van der Waals surface area contributed by atoms with Gasteiger partial charge in [-0.05, 0) is 36.6 Å². The summed E-state index contributed by atoms with van der Waals surface area (Å²) in [5.74, 6) is -0.233. The van der Waals surface area contributed by atoms with Crippen molar-refractivity contribution in [3.05, 3.63) is 93.1 Å². The first-order valence-corrected chi connectivity index (χ1v) is 14.8. The molecule has 3 unspecified atom stereocenters. The number of hydrogen-bond acceptors (Lipinski definition) is 6. The van der Waals surface area contributed by atoms with Crippen molar-refractivity contribution in [1.29, 1.82) is 0 Å². The number of allylic oxidation sites excluding steroid dienone is 1. The average Bonchev–Trinajstić information content (AvgIpc) is 3.20. The minimum absolute atomic E-state index is 0.0140. The summed E-state index contributed by atoms with van der Waals surface area (Å²) in [6.45, 7) is 6.09. The number of amides is 1. The first-order valence-electron chi connectivity index (χ1n) is 13.2. The average molecular weight is 535 g/mol. The van der Waals surface area contributed by atoms with E-state index in [9.17, 15) is 18.0 Å². The van der Waals surface area contributed by atoms with Crippen LogP contribution in [0.4, 0.5) is 0 Å². The number of pyridine rings is 1. The Morgan fingerprint density at radius 1 is 1.16 bits per heavy atom. The van der Waals surface area contributed by atoms with Gasteiger partial charge in [-0.25, -0.2) is 8.42 Å². The van der Waals surface area contributed by atoms with E-state index in [0.29, 0.717) is 29.8 Å². The third kappa shape index (κ3) is 4.18. The second-order valence-corrected chi connectivity index (χ2v) is 12.2. The number of nitrogens with zero attached hydrogens (tertiary/aromatic N) is 2. The minimum Gasteiger partial charge on any atom is -0.373 e. The predicted octanol–water partition coefficient (Wildman–Crippen LogP) is 3.10. The Kier molecular flexibility index (Phi) is 6.81. The lowest BCUT2D eigenvalue weighted by Crippen LogP contribution is -2.51. The Labute approximate surface area is 223 Å². The van der Waals surface area contributed by atoms with Crippen LogP contribution in [-0.2, 0) is 21.7 Å². The zero-order valence-electron chi connectivity index (χ0n) is 22.2. The summed E-state index contributed by atoms with van der Waals surface area (Å²) in [7, 11) is -2.02. The normalized spacial score (nSPS) is 21.0. The molecule has 5 rings (SSSR count). The Bertz CT molecular complexity index is 1540. The summed E-state index contributed by atoms with van der Waals surface area (Å²) in [6, 6.07) is 11.1. The molecule has 0 fully saturated rings. The van der Waals surface area contributed by atoms with E-state index >= 15 is 0 Å². The van der Waals surface area contributed by atoms with Crippen molar-refractivity contribution >= 4 is 26.3 Å². The fourth-order valence-corrected chi connectivity index (χ4v) is 6.97. The molecule has 2 aromatic rings. The van der Waals surface area contributed by atoms with E-state index in [-0.39, 0.29) is 34.2 Å². The number of fused-ring (bicyclic) bond motifs is 2. The van der Waals surface area contributed by atoms with Crippen LogP contribution in [0.25, 0.3) is 10.6 Å². The summed E-state index contributed by atoms with van der Waals surface area (Å²) in [5, 5.41) is 6.29. The second-order valence-electron chi connectivity index (χ2n) is 9.93. The zero-order valence-corrected chi connectivity index (χ0v) is 23.0. The third-order valence-electron chi connectivity index (χ3n) is 7.72. The molecule has 0 saturated carbocycles. The van der Waals surface area contributed by atoms with Gasteiger partial charge in [-0.2, -0.15) is 0 Å². The van der Waals surface area contributed by atoms with Gasteiger partial charge in [0.15, 0.2) is 9.84 Å². The maximum absolute atomic E-state index is 13.6. The van der Waals surface area contributed by atoms with E-state index in [1.807, 2.05) is 31.3 Å². The predicted molar refractivity (Wildman–Crippen MR) is 149 cm³/mol. The van der Waals surface area contributed by atoms with Gasteiger partial charge < -0.3 is 20.1 Å². The van der Waals surface area contributed by atoms with E-state index in [0.717, 1.165) is 23.1 Å². The molecule has 0 bridgehead atoms. The van der Waals surface area contributed by atoms with E-state index in [1.54, 1.807) is 32.3 Å². The van der Waals surface area contributed by atoms with Gasteiger partial charge >= 0.3 is 0 Å². The van der Waals surface area contributed by atoms with Gasteiger partial charge in [0.2, 0.25) is 5.91 Å². The van der Waals surface area contributed by atoms with Gasteiger partial charge in [0.05, 0.1) is 34.0 Å². The monoisotopic (exact) mass is 534 g/mol. The van der Waals surface area contributed by atoms with Crippen LogP contribution < -0.4 is 16.2 Å². The van der Waals surface area contributed by atoms with Gasteiger partial charge in [-0.3, -0.25) is 9.59 Å². The first-order chi connectivity index (χ1) is 18.2. The highest BCUT2D eigenvalue weighted by Crippen LogP contribution is 2.47. The molecule has 3 aliphatic rings. The number of carbonyl (C=O) groups excluding carboxylic acids is 1. The summed E-state index contributed by atoms with van der Waals surface area (Å²) >= 11 is 0. The lowest BCUT2D eigenvalue weighted by atomic mass is 9.87. The molecule has 1 aliphatic carbocycles. The first kappa shape index (κ1) is 26.0. The number of nitrogens with one attached hydrogen (secondary N) is 2. The second kappa shape index (κ2) is 9.94. The number of sulfone groups is 1. The number of benzene rings is 1. The smallest absolute Gasteiger partial charge is 0.260 e. The van der Waals surface area contributed by atoms with E-state index in [4.69, 9.17) is 0 Å². The molecule has 38 heavy (non-hydrogen) atoms. The third-order valence-corrected chi connectivity index (χ3v) is 9.49. The maximum Gasteiger partial charge on any atom is 0.260 e. The highest BCUT2D eigenvalue weighted by atomic mass is 32.2. The highest BCUT2D eigenvalue weighted by molar-refractivity contribution is 8.00. The van der Waals surface area contributed by atoms with E-state index < -0.39 is 15.9 Å². The van der Waals surface area contributed by atoms with Crippen LogP contribution in [0, 0.1) is 0 Å². The lowest BCUT2D eigenvalue weighted by molar-refractivity contribution is -0.123. The molecule has 1 amide bonds. The molecule has 200 valence electrons. The number of rotatable bonds is 7. The lowest BCUT2D eigenvalue weighted by Gasteiger charge is -2.40. The number of likely N-dealkylation sites (N-methyl/N-ethyl adjacent to an activating group) is 1. The molecule has 1 aromatic carbocycles. The molecule has 0 radical (unpaired) electrons. The molecule has 1 aromatic heterocycles. The van der Waals surface area contributed by atoms with Crippen LogP contribution in [0.1, 0.15) is 56.3 Å². The molecule has 9 heteroatoms. The molecule has 3 atom stereocenters. The summed E-state index contributed by atoms with van der Waals surface area (Å²) in [5.41, 5.74) is 3.67. The molecule has 8 nitrogen and oxygen atoms in total. The minimum atomic E-state index is -3.67. The highest BCUT2D eigenvalue weighted by Gasteiger charge is 2.45. The zero-order chi connectivity index (χ0) is 27.2.